The van der Waals surface area contributed by atoms with Crippen LogP contribution in [0.25, 0.3) is 0 Å². The number of nitriles is 1. The third kappa shape index (κ3) is 8.57. The lowest BCUT2D eigenvalue weighted by atomic mass is 9.98. The second kappa shape index (κ2) is 17.6. The molecule has 10 nitrogen and oxygen atoms in total. The average Bonchev–Trinajstić information content (AvgIpc) is 3.09. The lowest BCUT2D eigenvalue weighted by Crippen LogP contribution is -2.47. The number of anilines is 1. The molecule has 0 aliphatic carbocycles. The van der Waals surface area contributed by atoms with Crippen molar-refractivity contribution in [2.75, 3.05) is 58.5 Å². The molecule has 1 amide bonds. The number of benzene rings is 3. The van der Waals surface area contributed by atoms with Crippen LogP contribution < -0.4 is 30.7 Å². The standard InChI is InChI=1S/C33H43N5O4.CHN/c1-24(25-9-5-4-6-10-25)37-17-19-38(20-18-37)29-13-7-11-27(22-39)32(29)33(40)36-28(12-8-16-35-23-34)26-14-15-30(41-2)31(21-26)42-3;1-2/h4-7,9-11,13-15,21-22,24,28,35H,8,12,16-20,23,34H2,1-3H3,(H,36,40);1H/t24-,28-;/m1./s1. The Balaban J connectivity index is 0.00000259. The zero-order chi connectivity index (χ0) is 31.9. The largest absolute Gasteiger partial charge is 0.493 e. The fourth-order valence-corrected chi connectivity index (χ4v) is 5.61. The van der Waals surface area contributed by atoms with E-state index < -0.39 is 0 Å². The number of ether oxygens (including phenoxy) is 2. The van der Waals surface area contributed by atoms with Crippen LogP contribution in [0.15, 0.2) is 66.7 Å². The molecule has 0 spiro atoms. The van der Waals surface area contributed by atoms with Gasteiger partial charge in [-0.3, -0.25) is 14.5 Å². The third-order valence-electron chi connectivity index (χ3n) is 8.02. The molecule has 10 heteroatoms. The molecule has 0 radical (unpaired) electrons. The number of aldehydes is 1. The molecule has 3 aromatic rings. The fourth-order valence-electron chi connectivity index (χ4n) is 5.61. The molecule has 3 aromatic carbocycles. The first-order valence-electron chi connectivity index (χ1n) is 14.8. The highest BCUT2D eigenvalue weighted by molar-refractivity contribution is 6.06. The summed E-state index contributed by atoms with van der Waals surface area (Å²) in [6.45, 7) is 10.1. The maximum atomic E-state index is 14.0. The van der Waals surface area contributed by atoms with Crippen molar-refractivity contribution in [3.8, 4) is 18.1 Å². The molecule has 0 aromatic heterocycles. The van der Waals surface area contributed by atoms with Gasteiger partial charge in [-0.05, 0) is 55.6 Å². The summed E-state index contributed by atoms with van der Waals surface area (Å²) in [5.74, 6) is 0.927. The molecule has 0 bridgehead atoms. The van der Waals surface area contributed by atoms with Crippen LogP contribution in [0.3, 0.4) is 0 Å². The normalized spacial score (nSPS) is 14.5. The summed E-state index contributed by atoms with van der Waals surface area (Å²) >= 11 is 0. The number of nitrogens with zero attached hydrogens (tertiary/aromatic N) is 3. The third-order valence-corrected chi connectivity index (χ3v) is 8.02. The molecule has 44 heavy (non-hydrogen) atoms. The van der Waals surface area contributed by atoms with Gasteiger partial charge in [-0.25, -0.2) is 5.26 Å². The molecular weight excluding hydrogens is 556 g/mol. The Morgan fingerprint density at radius 1 is 0.977 bits per heavy atom. The van der Waals surface area contributed by atoms with Crippen LogP contribution in [0.4, 0.5) is 5.69 Å². The van der Waals surface area contributed by atoms with E-state index in [4.69, 9.17) is 20.5 Å². The minimum absolute atomic E-state index is 0.278. The Kier molecular flexibility index (Phi) is 13.6. The van der Waals surface area contributed by atoms with Gasteiger partial charge in [0.05, 0.1) is 31.5 Å². The first-order chi connectivity index (χ1) is 21.5. The van der Waals surface area contributed by atoms with Crippen LogP contribution in [0.2, 0.25) is 0 Å². The first kappa shape index (κ1) is 34.1. The van der Waals surface area contributed by atoms with E-state index in [1.165, 1.54) is 5.56 Å². The molecule has 1 heterocycles. The molecule has 4 rings (SSSR count). The number of carbonyl (C=O) groups excluding carboxylic acids is 2. The van der Waals surface area contributed by atoms with Gasteiger partial charge in [-0.1, -0.05) is 48.5 Å². The van der Waals surface area contributed by atoms with Gasteiger partial charge < -0.3 is 30.7 Å². The second-order valence-corrected chi connectivity index (χ2v) is 10.5. The minimum atomic E-state index is -0.312. The Labute approximate surface area is 260 Å². The van der Waals surface area contributed by atoms with E-state index in [-0.39, 0.29) is 11.9 Å². The molecule has 1 saturated heterocycles. The SMILES string of the molecule is C#N.COc1ccc([C@@H](CCCNCN)NC(=O)c2c(C=O)cccc2N2CCN([C@H](C)c3ccccc3)CC2)cc1OC. The van der Waals surface area contributed by atoms with E-state index in [1.807, 2.05) is 36.4 Å². The van der Waals surface area contributed by atoms with Crippen LogP contribution >= 0.6 is 0 Å². The Morgan fingerprint density at radius 3 is 2.32 bits per heavy atom. The topological polar surface area (TPSA) is 133 Å². The number of methoxy groups -OCH3 is 2. The Bertz CT molecular complexity index is 1360. The average molecular weight is 601 g/mol. The highest BCUT2D eigenvalue weighted by atomic mass is 16.5. The summed E-state index contributed by atoms with van der Waals surface area (Å²) in [4.78, 5) is 30.8. The van der Waals surface area contributed by atoms with Gasteiger partial charge in [0.15, 0.2) is 17.8 Å². The molecule has 1 fully saturated rings. The van der Waals surface area contributed by atoms with Gasteiger partial charge in [-0.15, -0.1) is 0 Å². The zero-order valence-electron chi connectivity index (χ0n) is 25.9. The molecule has 4 N–H and O–H groups in total. The van der Waals surface area contributed by atoms with Gasteiger partial charge >= 0.3 is 0 Å². The van der Waals surface area contributed by atoms with Crippen molar-refractivity contribution >= 4 is 17.9 Å². The number of hydrogen-bond donors (Lipinski definition) is 3. The predicted octanol–water partition coefficient (Wildman–Crippen LogP) is 4.30. The van der Waals surface area contributed by atoms with Crippen molar-refractivity contribution in [1.82, 2.24) is 15.5 Å². The lowest BCUT2D eigenvalue weighted by Gasteiger charge is -2.40. The lowest BCUT2D eigenvalue weighted by molar-refractivity contribution is 0.0929. The fraction of sp³-hybridized carbons (Fsp3) is 0.382. The Morgan fingerprint density at radius 2 is 1.68 bits per heavy atom. The minimum Gasteiger partial charge on any atom is -0.493 e. The Hall–Kier alpha value is -4.43. The van der Waals surface area contributed by atoms with Crippen molar-refractivity contribution in [3.63, 3.8) is 0 Å². The number of piperazine rings is 1. The van der Waals surface area contributed by atoms with Crippen molar-refractivity contribution < 1.29 is 19.1 Å². The van der Waals surface area contributed by atoms with Crippen molar-refractivity contribution in [2.45, 2.75) is 31.8 Å². The van der Waals surface area contributed by atoms with Crippen LogP contribution in [0.5, 0.6) is 11.5 Å². The number of rotatable bonds is 14. The van der Waals surface area contributed by atoms with Crippen molar-refractivity contribution in [1.29, 1.82) is 5.26 Å². The van der Waals surface area contributed by atoms with E-state index in [0.29, 0.717) is 41.8 Å². The van der Waals surface area contributed by atoms with Crippen LogP contribution in [-0.4, -0.2) is 70.7 Å². The maximum Gasteiger partial charge on any atom is 0.254 e. The van der Waals surface area contributed by atoms with Crippen LogP contribution in [0, 0.1) is 11.8 Å². The summed E-state index contributed by atoms with van der Waals surface area (Å²) in [6.07, 6.45) is 2.23. The summed E-state index contributed by atoms with van der Waals surface area (Å²) in [6, 6.07) is 21.6. The molecule has 0 unspecified atom stereocenters. The van der Waals surface area contributed by atoms with Gasteiger partial charge in [0, 0.05) is 51.0 Å². The molecular formula is C34H44N6O4. The predicted molar refractivity (Wildman–Crippen MR) is 173 cm³/mol. The summed E-state index contributed by atoms with van der Waals surface area (Å²) in [5, 5.41) is 12.9. The molecule has 1 aliphatic heterocycles. The molecule has 0 saturated carbocycles. The molecule has 2 atom stereocenters. The highest BCUT2D eigenvalue weighted by Gasteiger charge is 2.27. The zero-order valence-corrected chi connectivity index (χ0v) is 25.9. The van der Waals surface area contributed by atoms with Gasteiger partial charge in [0.25, 0.3) is 5.91 Å². The first-order valence-corrected chi connectivity index (χ1v) is 14.8. The monoisotopic (exact) mass is 600 g/mol. The number of nitrogens with two attached hydrogens (primary N) is 1. The number of amides is 1. The molecule has 1 aliphatic rings. The highest BCUT2D eigenvalue weighted by Crippen LogP contribution is 2.33. The summed E-state index contributed by atoms with van der Waals surface area (Å²) in [7, 11) is 3.18. The maximum absolute atomic E-state index is 14.0. The van der Waals surface area contributed by atoms with Gasteiger partial charge in [-0.2, -0.15) is 0 Å². The van der Waals surface area contributed by atoms with Crippen molar-refractivity contribution in [3.05, 3.63) is 89.0 Å². The second-order valence-electron chi connectivity index (χ2n) is 10.5. The van der Waals surface area contributed by atoms with E-state index in [9.17, 15) is 9.59 Å². The number of hydrogen-bond acceptors (Lipinski definition) is 9. The van der Waals surface area contributed by atoms with Crippen molar-refractivity contribution in [2.24, 2.45) is 5.73 Å². The van der Waals surface area contributed by atoms with E-state index in [0.717, 1.165) is 56.7 Å². The quantitative estimate of drug-likeness (QED) is 0.141. The van der Waals surface area contributed by atoms with Crippen LogP contribution in [0.1, 0.15) is 63.7 Å². The van der Waals surface area contributed by atoms with Crippen LogP contribution in [-0.2, 0) is 0 Å². The van der Waals surface area contributed by atoms with E-state index in [1.54, 1.807) is 20.3 Å². The van der Waals surface area contributed by atoms with Gasteiger partial charge in [0.2, 0.25) is 0 Å². The number of carbonyl (C=O) groups is 2. The van der Waals surface area contributed by atoms with Gasteiger partial charge in [0.1, 0.15) is 0 Å². The van der Waals surface area contributed by atoms with E-state index in [2.05, 4.69) is 58.2 Å². The summed E-state index contributed by atoms with van der Waals surface area (Å²) < 4.78 is 10.9. The molecule has 234 valence electrons. The number of nitrogens with one attached hydrogen (secondary N) is 2. The smallest absolute Gasteiger partial charge is 0.254 e. The summed E-state index contributed by atoms with van der Waals surface area (Å²) in [5.41, 5.74) is 9.34. The van der Waals surface area contributed by atoms with E-state index >= 15 is 0 Å².